The lowest BCUT2D eigenvalue weighted by Crippen LogP contribution is -2.37. The van der Waals surface area contributed by atoms with Gasteiger partial charge in [-0.1, -0.05) is 18.2 Å². The van der Waals surface area contributed by atoms with Crippen LogP contribution in [0.3, 0.4) is 0 Å². The Morgan fingerprint density at radius 2 is 1.93 bits per heavy atom. The number of nitrogens with one attached hydrogen (secondary N) is 1. The number of amides is 1. The average Bonchev–Trinajstić information content (AvgIpc) is 2.96. The number of carbonyl (C=O) groups excluding carboxylic acids is 1. The molecule has 0 radical (unpaired) electrons. The van der Waals surface area contributed by atoms with Crippen LogP contribution < -0.4 is 10.2 Å². The van der Waals surface area contributed by atoms with Gasteiger partial charge in [-0.3, -0.25) is 4.79 Å². The minimum atomic E-state index is -0.628. The first kappa shape index (κ1) is 19.1. The molecule has 5 nitrogen and oxygen atoms in total. The minimum absolute atomic E-state index is 0.00898. The number of hydrogen-bond donors (Lipinski definition) is 1. The van der Waals surface area contributed by atoms with Gasteiger partial charge >= 0.3 is 0 Å². The van der Waals surface area contributed by atoms with Gasteiger partial charge in [0, 0.05) is 12.6 Å². The Morgan fingerprint density at radius 3 is 2.69 bits per heavy atom. The number of aromatic nitrogens is 2. The van der Waals surface area contributed by atoms with Gasteiger partial charge < -0.3 is 10.2 Å². The molecule has 1 aliphatic heterocycles. The van der Waals surface area contributed by atoms with Crippen LogP contribution >= 0.6 is 0 Å². The second-order valence-corrected chi connectivity index (χ2v) is 7.26. The van der Waals surface area contributed by atoms with Gasteiger partial charge in [0.25, 0.3) is 0 Å². The first-order chi connectivity index (χ1) is 13.9. The number of para-hydroxylation sites is 1. The van der Waals surface area contributed by atoms with E-state index in [1.165, 1.54) is 6.07 Å². The van der Waals surface area contributed by atoms with E-state index in [0.717, 1.165) is 23.9 Å². The number of fused-ring (bicyclic) bond motifs is 1. The summed E-state index contributed by atoms with van der Waals surface area (Å²) in [4.78, 5) is 14.4. The molecule has 0 spiro atoms. The summed E-state index contributed by atoms with van der Waals surface area (Å²) in [5.74, 6) is -1.48. The molecule has 0 saturated heterocycles. The predicted molar refractivity (Wildman–Crippen MR) is 109 cm³/mol. The number of rotatable bonds is 4. The zero-order valence-electron chi connectivity index (χ0n) is 16.4. The smallest absolute Gasteiger partial charge is 0.243 e. The topological polar surface area (TPSA) is 50.2 Å². The molecule has 2 aromatic carbocycles. The van der Waals surface area contributed by atoms with E-state index < -0.39 is 11.6 Å². The zero-order chi connectivity index (χ0) is 20.5. The lowest BCUT2D eigenvalue weighted by molar-refractivity contribution is -0.115. The summed E-state index contributed by atoms with van der Waals surface area (Å²) in [6, 6.07) is 11.9. The van der Waals surface area contributed by atoms with E-state index in [0.29, 0.717) is 35.6 Å². The van der Waals surface area contributed by atoms with Crippen molar-refractivity contribution in [3.05, 3.63) is 71.1 Å². The summed E-state index contributed by atoms with van der Waals surface area (Å²) in [7, 11) is 0. The van der Waals surface area contributed by atoms with Crippen molar-refractivity contribution in [1.82, 2.24) is 9.78 Å². The lowest BCUT2D eigenvalue weighted by atomic mass is 10.0. The lowest BCUT2D eigenvalue weighted by Gasteiger charge is -2.31. The number of carbonyl (C=O) groups is 1. The maximum atomic E-state index is 14.4. The van der Waals surface area contributed by atoms with Crippen molar-refractivity contribution in [2.45, 2.75) is 26.7 Å². The maximum Gasteiger partial charge on any atom is 0.243 e. The fourth-order valence-corrected chi connectivity index (χ4v) is 3.89. The number of hydrogen-bond acceptors (Lipinski definition) is 3. The van der Waals surface area contributed by atoms with E-state index in [1.807, 2.05) is 44.2 Å². The van der Waals surface area contributed by atoms with E-state index in [-0.39, 0.29) is 12.5 Å². The van der Waals surface area contributed by atoms with Gasteiger partial charge in [-0.05, 0) is 50.5 Å². The molecule has 0 fully saturated rings. The fraction of sp³-hybridized carbons (Fsp3) is 0.273. The Morgan fingerprint density at radius 1 is 1.17 bits per heavy atom. The second kappa shape index (κ2) is 7.66. The molecule has 1 aliphatic rings. The molecule has 0 aliphatic carbocycles. The van der Waals surface area contributed by atoms with Crippen LogP contribution in [0, 0.1) is 25.5 Å². The van der Waals surface area contributed by atoms with Crippen LogP contribution in [0.2, 0.25) is 0 Å². The summed E-state index contributed by atoms with van der Waals surface area (Å²) in [5.41, 5.74) is 3.99. The van der Waals surface area contributed by atoms with Gasteiger partial charge in [0.15, 0.2) is 0 Å². The molecule has 0 atom stereocenters. The Bertz CT molecular complexity index is 1060. The number of nitrogens with zero attached hydrogens (tertiary/aromatic N) is 3. The van der Waals surface area contributed by atoms with Crippen molar-refractivity contribution >= 4 is 17.3 Å². The van der Waals surface area contributed by atoms with Crippen LogP contribution in [0.5, 0.6) is 0 Å². The van der Waals surface area contributed by atoms with Gasteiger partial charge in [0.1, 0.15) is 11.6 Å². The van der Waals surface area contributed by atoms with E-state index in [4.69, 9.17) is 0 Å². The standard InChI is InChI=1S/C22H22F2N4O/c1-14-21(15(2)28(26-14)18-8-4-3-5-9-18)25-20(29)13-27-10-6-7-16-11-17(23)12-19(24)22(16)27/h3-5,8-9,11-12H,6-7,10,13H2,1-2H3,(H,25,29). The summed E-state index contributed by atoms with van der Waals surface area (Å²) >= 11 is 0. The highest BCUT2D eigenvalue weighted by atomic mass is 19.1. The van der Waals surface area contributed by atoms with Crippen molar-refractivity contribution in [1.29, 1.82) is 0 Å². The molecule has 1 aromatic heterocycles. The highest BCUT2D eigenvalue weighted by Crippen LogP contribution is 2.31. The first-order valence-electron chi connectivity index (χ1n) is 9.58. The Balaban J connectivity index is 1.54. The SMILES string of the molecule is Cc1nn(-c2ccccc2)c(C)c1NC(=O)CN1CCCc2cc(F)cc(F)c21. The Kier molecular flexibility index (Phi) is 5.05. The largest absolute Gasteiger partial charge is 0.360 e. The fourth-order valence-electron chi connectivity index (χ4n) is 3.89. The minimum Gasteiger partial charge on any atom is -0.360 e. The normalized spacial score (nSPS) is 13.3. The quantitative estimate of drug-likeness (QED) is 0.721. The van der Waals surface area contributed by atoms with E-state index in [9.17, 15) is 13.6 Å². The number of halogens is 2. The Labute approximate surface area is 168 Å². The third kappa shape index (κ3) is 3.72. The molecule has 1 amide bonds. The van der Waals surface area contributed by atoms with Gasteiger partial charge in [-0.2, -0.15) is 5.10 Å². The van der Waals surface area contributed by atoms with Crippen LogP contribution in [0.25, 0.3) is 5.69 Å². The molecule has 150 valence electrons. The average molecular weight is 396 g/mol. The first-order valence-corrected chi connectivity index (χ1v) is 9.58. The number of anilines is 2. The Hall–Kier alpha value is -3.22. The van der Waals surface area contributed by atoms with Crippen molar-refractivity contribution < 1.29 is 13.6 Å². The highest BCUT2D eigenvalue weighted by molar-refractivity contribution is 5.95. The molecule has 1 N–H and O–H groups in total. The van der Waals surface area contributed by atoms with Crippen LogP contribution in [-0.2, 0) is 11.2 Å². The number of aryl methyl sites for hydroxylation is 2. The van der Waals surface area contributed by atoms with Crippen molar-refractivity contribution in [2.75, 3.05) is 23.3 Å². The van der Waals surface area contributed by atoms with Crippen LogP contribution in [0.1, 0.15) is 23.4 Å². The molecule has 0 bridgehead atoms. The van der Waals surface area contributed by atoms with Gasteiger partial charge in [-0.15, -0.1) is 0 Å². The summed E-state index contributed by atoms with van der Waals surface area (Å²) < 4.78 is 29.7. The second-order valence-electron chi connectivity index (χ2n) is 7.26. The highest BCUT2D eigenvalue weighted by Gasteiger charge is 2.24. The van der Waals surface area contributed by atoms with Crippen LogP contribution in [0.15, 0.2) is 42.5 Å². The third-order valence-corrected chi connectivity index (χ3v) is 5.19. The molecule has 29 heavy (non-hydrogen) atoms. The monoisotopic (exact) mass is 396 g/mol. The van der Waals surface area contributed by atoms with Gasteiger partial charge in [0.2, 0.25) is 5.91 Å². The molecule has 0 saturated carbocycles. The maximum absolute atomic E-state index is 14.4. The summed E-state index contributed by atoms with van der Waals surface area (Å²) in [6.07, 6.45) is 1.34. The van der Waals surface area contributed by atoms with Crippen molar-refractivity contribution in [2.24, 2.45) is 0 Å². The molecular formula is C22H22F2N4O. The summed E-state index contributed by atoms with van der Waals surface area (Å²) in [5, 5.41) is 7.44. The number of benzene rings is 2. The molecule has 2 heterocycles. The van der Waals surface area contributed by atoms with E-state index in [2.05, 4.69) is 10.4 Å². The molecule has 0 unspecified atom stereocenters. The summed E-state index contributed by atoms with van der Waals surface area (Å²) in [6.45, 7) is 4.26. The molecular weight excluding hydrogens is 374 g/mol. The van der Waals surface area contributed by atoms with Crippen LogP contribution in [-0.4, -0.2) is 28.8 Å². The third-order valence-electron chi connectivity index (χ3n) is 5.19. The van der Waals surface area contributed by atoms with Crippen LogP contribution in [0.4, 0.5) is 20.2 Å². The van der Waals surface area contributed by atoms with E-state index in [1.54, 1.807) is 9.58 Å². The van der Waals surface area contributed by atoms with Gasteiger partial charge in [-0.25, -0.2) is 13.5 Å². The van der Waals surface area contributed by atoms with Crippen molar-refractivity contribution in [3.63, 3.8) is 0 Å². The zero-order valence-corrected chi connectivity index (χ0v) is 16.4. The molecule has 7 heteroatoms. The van der Waals surface area contributed by atoms with Gasteiger partial charge in [0.05, 0.1) is 35.0 Å². The van der Waals surface area contributed by atoms with Crippen molar-refractivity contribution in [3.8, 4) is 5.69 Å². The van der Waals surface area contributed by atoms with E-state index >= 15 is 0 Å². The molecule has 3 aromatic rings. The predicted octanol–water partition coefficient (Wildman–Crippen LogP) is 4.16. The molecule has 4 rings (SSSR count).